The number of benzene rings is 5. The van der Waals surface area contributed by atoms with Gasteiger partial charge in [0.1, 0.15) is 0 Å². The highest BCUT2D eigenvalue weighted by Gasteiger charge is 2.40. The van der Waals surface area contributed by atoms with Crippen LogP contribution in [0.15, 0.2) is 140 Å². The zero-order valence-corrected chi connectivity index (χ0v) is 26.3. The molecule has 46 heavy (non-hydrogen) atoms. The summed E-state index contributed by atoms with van der Waals surface area (Å²) >= 11 is 1.87. The molecule has 0 aliphatic heterocycles. The molecular formula is C42H29N3S. The van der Waals surface area contributed by atoms with E-state index in [9.17, 15) is 0 Å². The van der Waals surface area contributed by atoms with E-state index < -0.39 is 0 Å². The predicted octanol–water partition coefficient (Wildman–Crippen LogP) is 11.2. The summed E-state index contributed by atoms with van der Waals surface area (Å²) in [6.07, 6.45) is 3.70. The first-order valence-corrected chi connectivity index (χ1v) is 16.4. The molecule has 0 saturated heterocycles. The van der Waals surface area contributed by atoms with Crippen LogP contribution in [0.25, 0.3) is 76.3 Å². The highest BCUT2D eigenvalue weighted by atomic mass is 32.1. The average molecular weight is 608 g/mol. The van der Waals surface area contributed by atoms with Crippen molar-refractivity contribution in [3.8, 4) is 56.2 Å². The fourth-order valence-corrected chi connectivity index (χ4v) is 8.37. The number of hydrogen-bond donors (Lipinski definition) is 0. The molecule has 8 aromatic rings. The van der Waals surface area contributed by atoms with Gasteiger partial charge in [-0.25, -0.2) is 9.97 Å². The molecule has 218 valence electrons. The maximum atomic E-state index is 5.41. The predicted molar refractivity (Wildman–Crippen MR) is 192 cm³/mol. The lowest BCUT2D eigenvalue weighted by molar-refractivity contribution is 0.658. The summed E-state index contributed by atoms with van der Waals surface area (Å²) in [4.78, 5) is 15.0. The average Bonchev–Trinajstić information content (AvgIpc) is 3.61. The van der Waals surface area contributed by atoms with Gasteiger partial charge in [0.05, 0.1) is 11.4 Å². The summed E-state index contributed by atoms with van der Waals surface area (Å²) in [5.41, 5.74) is 12.1. The highest BCUT2D eigenvalue weighted by Crippen LogP contribution is 2.51. The maximum Gasteiger partial charge on any atom is 0.160 e. The molecule has 5 aromatic carbocycles. The first-order valence-electron chi connectivity index (χ1n) is 15.6. The molecular weight excluding hydrogens is 579 g/mol. The fourth-order valence-electron chi connectivity index (χ4n) is 7.13. The number of thiophene rings is 1. The lowest BCUT2D eigenvalue weighted by Gasteiger charge is -2.24. The van der Waals surface area contributed by atoms with E-state index in [1.807, 2.05) is 23.6 Å². The van der Waals surface area contributed by atoms with Crippen LogP contribution in [-0.2, 0) is 5.41 Å². The number of fused-ring (bicyclic) bond motifs is 6. The minimum Gasteiger partial charge on any atom is -0.264 e. The molecule has 1 aliphatic rings. The lowest BCUT2D eigenvalue weighted by Crippen LogP contribution is -2.17. The Bertz CT molecular complexity index is 2460. The van der Waals surface area contributed by atoms with E-state index in [1.165, 1.54) is 48.0 Å². The Morgan fingerprint density at radius 3 is 2.11 bits per heavy atom. The molecule has 0 spiro atoms. The molecule has 3 heterocycles. The molecule has 0 atom stereocenters. The summed E-state index contributed by atoms with van der Waals surface area (Å²) < 4.78 is 2.63. The van der Waals surface area contributed by atoms with Crippen LogP contribution in [0, 0.1) is 0 Å². The molecule has 0 unspecified atom stereocenters. The first-order chi connectivity index (χ1) is 22.6. The minimum atomic E-state index is -0.251. The van der Waals surface area contributed by atoms with E-state index in [0.29, 0.717) is 0 Å². The van der Waals surface area contributed by atoms with Crippen molar-refractivity contribution >= 4 is 31.5 Å². The van der Waals surface area contributed by atoms with Gasteiger partial charge in [-0.05, 0) is 46.5 Å². The minimum absolute atomic E-state index is 0.251. The SMILES string of the molecule is CC1(C)c2ccccc2-c2nc(-c3cccc(-c4cccnc4)c3)nc(-c3cccc(-c4cccc5c4sc4ccccc45)c3)c21. The second-order valence-electron chi connectivity index (χ2n) is 12.5. The molecule has 0 amide bonds. The third-order valence-electron chi connectivity index (χ3n) is 9.36. The van der Waals surface area contributed by atoms with Crippen LogP contribution in [0.2, 0.25) is 0 Å². The summed E-state index contributed by atoms with van der Waals surface area (Å²) in [7, 11) is 0. The van der Waals surface area contributed by atoms with Crippen molar-refractivity contribution < 1.29 is 0 Å². The van der Waals surface area contributed by atoms with Crippen molar-refractivity contribution in [2.75, 3.05) is 0 Å². The largest absolute Gasteiger partial charge is 0.264 e. The van der Waals surface area contributed by atoms with E-state index in [4.69, 9.17) is 9.97 Å². The van der Waals surface area contributed by atoms with Gasteiger partial charge in [0.15, 0.2) is 5.82 Å². The van der Waals surface area contributed by atoms with Crippen molar-refractivity contribution in [3.05, 3.63) is 151 Å². The van der Waals surface area contributed by atoms with Crippen molar-refractivity contribution in [2.24, 2.45) is 0 Å². The Labute approximate surface area is 271 Å². The van der Waals surface area contributed by atoms with E-state index in [2.05, 4.69) is 140 Å². The molecule has 0 N–H and O–H groups in total. The van der Waals surface area contributed by atoms with Gasteiger partial charge >= 0.3 is 0 Å². The zero-order valence-electron chi connectivity index (χ0n) is 25.5. The van der Waals surface area contributed by atoms with Crippen LogP contribution in [0.4, 0.5) is 0 Å². The summed E-state index contributed by atoms with van der Waals surface area (Å²) in [6.45, 7) is 4.60. The Morgan fingerprint density at radius 1 is 0.543 bits per heavy atom. The van der Waals surface area contributed by atoms with Gasteiger partial charge in [0.2, 0.25) is 0 Å². The molecule has 0 radical (unpaired) electrons. The molecule has 1 aliphatic carbocycles. The molecule has 0 bridgehead atoms. The number of hydrogen-bond acceptors (Lipinski definition) is 4. The van der Waals surface area contributed by atoms with E-state index in [-0.39, 0.29) is 5.41 Å². The topological polar surface area (TPSA) is 38.7 Å². The van der Waals surface area contributed by atoms with Crippen LogP contribution in [0.1, 0.15) is 25.0 Å². The van der Waals surface area contributed by atoms with E-state index in [1.54, 1.807) is 6.20 Å². The van der Waals surface area contributed by atoms with Crippen molar-refractivity contribution in [1.82, 2.24) is 15.0 Å². The van der Waals surface area contributed by atoms with Crippen LogP contribution < -0.4 is 0 Å². The number of pyridine rings is 1. The zero-order chi connectivity index (χ0) is 30.8. The van der Waals surface area contributed by atoms with Crippen molar-refractivity contribution in [2.45, 2.75) is 19.3 Å². The number of aromatic nitrogens is 3. The van der Waals surface area contributed by atoms with Crippen LogP contribution in [0.5, 0.6) is 0 Å². The van der Waals surface area contributed by atoms with Crippen molar-refractivity contribution in [3.63, 3.8) is 0 Å². The third kappa shape index (κ3) is 4.14. The molecule has 9 rings (SSSR count). The molecule has 3 nitrogen and oxygen atoms in total. The fraction of sp³-hybridized carbons (Fsp3) is 0.0714. The number of nitrogens with zero attached hydrogens (tertiary/aromatic N) is 3. The smallest absolute Gasteiger partial charge is 0.160 e. The monoisotopic (exact) mass is 607 g/mol. The molecule has 0 fully saturated rings. The third-order valence-corrected chi connectivity index (χ3v) is 10.6. The van der Waals surface area contributed by atoms with E-state index >= 15 is 0 Å². The van der Waals surface area contributed by atoms with Crippen LogP contribution in [0.3, 0.4) is 0 Å². The molecule has 4 heteroatoms. The highest BCUT2D eigenvalue weighted by molar-refractivity contribution is 7.26. The van der Waals surface area contributed by atoms with Gasteiger partial charge in [-0.3, -0.25) is 4.98 Å². The van der Waals surface area contributed by atoms with Gasteiger partial charge in [0, 0.05) is 65.8 Å². The Morgan fingerprint density at radius 2 is 1.22 bits per heavy atom. The standard InChI is InChI=1S/C42H29N3S/c1-42(2)35-20-5-3-17-34(35)39-37(42)38(44-41(45-39)29-14-7-11-26(23-29)30-15-10-22-43-25-30)28-13-8-12-27(24-28)31-18-9-19-33-32-16-4-6-21-36(32)46-40(31)33/h3-25H,1-2H3. The normalized spacial score (nSPS) is 13.2. The quantitative estimate of drug-likeness (QED) is 0.200. The lowest BCUT2D eigenvalue weighted by atomic mass is 9.80. The Kier molecular flexibility index (Phi) is 6.02. The van der Waals surface area contributed by atoms with Gasteiger partial charge in [-0.1, -0.05) is 117 Å². The maximum absolute atomic E-state index is 5.41. The van der Waals surface area contributed by atoms with Gasteiger partial charge in [-0.2, -0.15) is 0 Å². The second kappa shape index (κ2) is 10.3. The van der Waals surface area contributed by atoms with Gasteiger partial charge in [-0.15, -0.1) is 11.3 Å². The van der Waals surface area contributed by atoms with Gasteiger partial charge < -0.3 is 0 Å². The van der Waals surface area contributed by atoms with Gasteiger partial charge in [0.25, 0.3) is 0 Å². The van der Waals surface area contributed by atoms with Crippen molar-refractivity contribution in [1.29, 1.82) is 0 Å². The Balaban J connectivity index is 1.27. The number of rotatable bonds is 4. The second-order valence-corrected chi connectivity index (χ2v) is 13.5. The van der Waals surface area contributed by atoms with Crippen LogP contribution in [-0.4, -0.2) is 15.0 Å². The first kappa shape index (κ1) is 26.9. The van der Waals surface area contributed by atoms with Crippen LogP contribution >= 0.6 is 11.3 Å². The summed E-state index contributed by atoms with van der Waals surface area (Å²) in [5.74, 6) is 0.726. The Hall–Kier alpha value is -5.45. The molecule has 0 saturated carbocycles. The summed E-state index contributed by atoms with van der Waals surface area (Å²) in [6, 6.07) is 45.5. The summed E-state index contributed by atoms with van der Waals surface area (Å²) in [5, 5.41) is 2.62. The molecule has 3 aromatic heterocycles. The van der Waals surface area contributed by atoms with E-state index in [0.717, 1.165) is 39.5 Å².